The van der Waals surface area contributed by atoms with Gasteiger partial charge in [0.15, 0.2) is 0 Å². The Kier molecular flexibility index (Phi) is 4.67. The second-order valence-corrected chi connectivity index (χ2v) is 7.10. The predicted octanol–water partition coefficient (Wildman–Crippen LogP) is 3.00. The molecule has 0 unspecified atom stereocenters. The summed E-state index contributed by atoms with van der Waals surface area (Å²) >= 11 is 9.13. The summed E-state index contributed by atoms with van der Waals surface area (Å²) in [5.74, 6) is -0.360. The number of hydrogen-bond acceptors (Lipinski definition) is 3. The van der Waals surface area contributed by atoms with E-state index in [9.17, 15) is 13.2 Å². The number of amides is 1. The van der Waals surface area contributed by atoms with Crippen LogP contribution in [0.4, 0.5) is 5.69 Å². The predicted molar refractivity (Wildman–Crippen MR) is 84.9 cm³/mol. The molecule has 0 saturated carbocycles. The van der Waals surface area contributed by atoms with Crippen LogP contribution in [0, 0.1) is 0 Å². The Morgan fingerprint density at radius 3 is 2.29 bits per heavy atom. The Labute approximate surface area is 135 Å². The van der Waals surface area contributed by atoms with Gasteiger partial charge in [-0.15, -0.1) is 0 Å². The molecule has 0 aromatic heterocycles. The normalized spacial score (nSPS) is 11.2. The quantitative estimate of drug-likeness (QED) is 0.845. The minimum absolute atomic E-state index is 0.0222. The monoisotopic (exact) mass is 388 g/mol. The smallest absolute Gasteiger partial charge is 0.255 e. The van der Waals surface area contributed by atoms with E-state index in [-0.39, 0.29) is 10.8 Å². The Bertz CT molecular complexity index is 771. The second-order valence-electron chi connectivity index (χ2n) is 4.18. The highest BCUT2D eigenvalue weighted by Crippen LogP contribution is 2.21. The van der Waals surface area contributed by atoms with Crippen LogP contribution in [0.5, 0.6) is 0 Å². The zero-order chi connectivity index (χ0) is 15.6. The Morgan fingerprint density at radius 2 is 1.76 bits per heavy atom. The van der Waals surface area contributed by atoms with Crippen molar-refractivity contribution in [3.05, 3.63) is 57.5 Å². The third-order valence-corrected chi connectivity index (χ3v) is 4.17. The molecule has 1 amide bonds. The molecule has 2 aromatic rings. The van der Waals surface area contributed by atoms with Gasteiger partial charge >= 0.3 is 0 Å². The summed E-state index contributed by atoms with van der Waals surface area (Å²) in [6, 6.07) is 10.4. The van der Waals surface area contributed by atoms with E-state index in [1.807, 2.05) is 0 Å². The van der Waals surface area contributed by atoms with Gasteiger partial charge in [-0.05, 0) is 42.5 Å². The molecule has 0 bridgehead atoms. The second kappa shape index (κ2) is 6.15. The van der Waals surface area contributed by atoms with Crippen molar-refractivity contribution in [1.29, 1.82) is 0 Å². The molecule has 2 aromatic carbocycles. The van der Waals surface area contributed by atoms with Gasteiger partial charge in [0, 0.05) is 20.7 Å². The number of hydrogen-bond donors (Lipinski definition) is 2. The first-order chi connectivity index (χ1) is 9.75. The topological polar surface area (TPSA) is 89.3 Å². The molecular weight excluding hydrogens is 380 g/mol. The number of sulfonamides is 1. The summed E-state index contributed by atoms with van der Waals surface area (Å²) in [6.07, 6.45) is 0. The van der Waals surface area contributed by atoms with Crippen molar-refractivity contribution in [2.45, 2.75) is 4.90 Å². The maximum absolute atomic E-state index is 12.1. The van der Waals surface area contributed by atoms with Crippen molar-refractivity contribution >= 4 is 49.1 Å². The number of benzene rings is 2. The lowest BCUT2D eigenvalue weighted by molar-refractivity contribution is 0.102. The number of anilines is 1. The van der Waals surface area contributed by atoms with E-state index >= 15 is 0 Å². The summed E-state index contributed by atoms with van der Waals surface area (Å²) < 4.78 is 23.0. The first-order valence-corrected chi connectivity index (χ1v) is 8.38. The van der Waals surface area contributed by atoms with Crippen molar-refractivity contribution < 1.29 is 13.2 Å². The molecule has 0 aliphatic rings. The van der Waals surface area contributed by atoms with Gasteiger partial charge in [0.2, 0.25) is 10.0 Å². The third kappa shape index (κ3) is 4.28. The summed E-state index contributed by atoms with van der Waals surface area (Å²) in [7, 11) is -3.75. The van der Waals surface area contributed by atoms with Gasteiger partial charge in [0.1, 0.15) is 0 Å². The lowest BCUT2D eigenvalue weighted by Gasteiger charge is -2.07. The molecule has 0 aliphatic heterocycles. The number of carbonyl (C=O) groups excluding carboxylic acids is 1. The van der Waals surface area contributed by atoms with Crippen LogP contribution >= 0.6 is 27.5 Å². The number of nitrogens with two attached hydrogens (primary N) is 1. The van der Waals surface area contributed by atoms with E-state index in [4.69, 9.17) is 16.7 Å². The molecule has 0 atom stereocenters. The molecule has 21 heavy (non-hydrogen) atoms. The Hall–Kier alpha value is -1.41. The zero-order valence-electron chi connectivity index (χ0n) is 10.5. The Morgan fingerprint density at radius 1 is 1.14 bits per heavy atom. The molecule has 2 rings (SSSR count). The first-order valence-electron chi connectivity index (χ1n) is 5.66. The standard InChI is InChI=1S/C13H10BrClN2O3S/c14-9-5-8(6-10(15)7-9)13(18)17-11-1-3-12(4-2-11)21(16,19)20/h1-7H,(H,17,18)(H2,16,19,20). The van der Waals surface area contributed by atoms with Gasteiger partial charge < -0.3 is 5.32 Å². The zero-order valence-corrected chi connectivity index (χ0v) is 13.7. The van der Waals surface area contributed by atoms with Gasteiger partial charge in [-0.2, -0.15) is 0 Å². The van der Waals surface area contributed by atoms with Crippen LogP contribution < -0.4 is 10.5 Å². The number of rotatable bonds is 3. The van der Waals surface area contributed by atoms with Crippen LogP contribution in [0.15, 0.2) is 51.8 Å². The van der Waals surface area contributed by atoms with Gasteiger partial charge in [0.25, 0.3) is 5.91 Å². The minimum Gasteiger partial charge on any atom is -0.322 e. The van der Waals surface area contributed by atoms with E-state index in [0.29, 0.717) is 20.7 Å². The fourth-order valence-electron chi connectivity index (χ4n) is 1.62. The summed E-state index contributed by atoms with van der Waals surface area (Å²) in [5, 5.41) is 8.06. The van der Waals surface area contributed by atoms with Crippen LogP contribution in [0.2, 0.25) is 5.02 Å². The van der Waals surface area contributed by atoms with Crippen LogP contribution in [0.3, 0.4) is 0 Å². The van der Waals surface area contributed by atoms with Crippen LogP contribution in [0.25, 0.3) is 0 Å². The molecule has 0 spiro atoms. The maximum atomic E-state index is 12.1. The van der Waals surface area contributed by atoms with E-state index in [2.05, 4.69) is 21.2 Å². The highest BCUT2D eigenvalue weighted by atomic mass is 79.9. The van der Waals surface area contributed by atoms with Crippen molar-refractivity contribution in [2.24, 2.45) is 5.14 Å². The molecule has 8 heteroatoms. The van der Waals surface area contributed by atoms with Gasteiger partial charge in [-0.1, -0.05) is 27.5 Å². The third-order valence-electron chi connectivity index (χ3n) is 2.57. The lowest BCUT2D eigenvalue weighted by Crippen LogP contribution is -2.14. The molecular formula is C13H10BrClN2O3S. The SMILES string of the molecule is NS(=O)(=O)c1ccc(NC(=O)c2cc(Cl)cc(Br)c2)cc1. The van der Waals surface area contributed by atoms with Crippen molar-refractivity contribution in [3.63, 3.8) is 0 Å². The highest BCUT2D eigenvalue weighted by molar-refractivity contribution is 9.10. The van der Waals surface area contributed by atoms with Gasteiger partial charge in [-0.3, -0.25) is 4.79 Å². The van der Waals surface area contributed by atoms with E-state index in [0.717, 1.165) is 0 Å². The molecule has 0 fully saturated rings. The molecule has 0 saturated heterocycles. The molecule has 0 radical (unpaired) electrons. The number of primary sulfonamides is 1. The van der Waals surface area contributed by atoms with Gasteiger partial charge in [0.05, 0.1) is 4.90 Å². The largest absolute Gasteiger partial charge is 0.322 e. The summed E-state index contributed by atoms with van der Waals surface area (Å²) in [5.41, 5.74) is 0.827. The van der Waals surface area contributed by atoms with Crippen molar-refractivity contribution in [2.75, 3.05) is 5.32 Å². The number of nitrogens with one attached hydrogen (secondary N) is 1. The lowest BCUT2D eigenvalue weighted by atomic mass is 10.2. The first kappa shape index (κ1) is 16.0. The van der Waals surface area contributed by atoms with Crippen molar-refractivity contribution in [1.82, 2.24) is 0 Å². The van der Waals surface area contributed by atoms with Crippen LogP contribution in [-0.4, -0.2) is 14.3 Å². The number of carbonyl (C=O) groups is 1. The van der Waals surface area contributed by atoms with Crippen LogP contribution in [0.1, 0.15) is 10.4 Å². The molecule has 3 N–H and O–H groups in total. The average Bonchev–Trinajstić information content (AvgIpc) is 2.37. The van der Waals surface area contributed by atoms with Crippen molar-refractivity contribution in [3.8, 4) is 0 Å². The average molecular weight is 390 g/mol. The summed E-state index contributed by atoms with van der Waals surface area (Å²) in [4.78, 5) is 12.0. The van der Waals surface area contributed by atoms with E-state index < -0.39 is 10.0 Å². The highest BCUT2D eigenvalue weighted by Gasteiger charge is 2.10. The minimum atomic E-state index is -3.75. The summed E-state index contributed by atoms with van der Waals surface area (Å²) in [6.45, 7) is 0. The molecule has 110 valence electrons. The van der Waals surface area contributed by atoms with E-state index in [1.165, 1.54) is 30.3 Å². The fraction of sp³-hybridized carbons (Fsp3) is 0. The molecule has 5 nitrogen and oxygen atoms in total. The number of halogens is 2. The fourth-order valence-corrected chi connectivity index (χ4v) is 2.99. The molecule has 0 heterocycles. The van der Waals surface area contributed by atoms with Gasteiger partial charge in [-0.25, -0.2) is 13.6 Å². The Balaban J connectivity index is 2.20. The maximum Gasteiger partial charge on any atom is 0.255 e. The molecule has 0 aliphatic carbocycles. The van der Waals surface area contributed by atoms with Crippen LogP contribution in [-0.2, 0) is 10.0 Å². The van der Waals surface area contributed by atoms with E-state index in [1.54, 1.807) is 12.1 Å².